The molecule has 6 heteroatoms. The van der Waals surface area contributed by atoms with Gasteiger partial charge < -0.3 is 0 Å². The molecule has 0 radical (unpaired) electrons. The summed E-state index contributed by atoms with van der Waals surface area (Å²) in [6, 6.07) is -0.186. The first-order valence-electron chi connectivity index (χ1n) is 3.21. The Kier molecular flexibility index (Phi) is 2.15. The van der Waals surface area contributed by atoms with E-state index in [4.69, 9.17) is 0 Å². The van der Waals surface area contributed by atoms with Gasteiger partial charge in [0.1, 0.15) is 0 Å². The maximum Gasteiger partial charge on any atom is 0.350 e. The Morgan fingerprint density at radius 2 is 1.91 bits per heavy atom. The van der Waals surface area contributed by atoms with E-state index in [1.165, 1.54) is 7.05 Å². The van der Waals surface area contributed by atoms with Crippen molar-refractivity contribution in [3.05, 3.63) is 0 Å². The van der Waals surface area contributed by atoms with Crippen LogP contribution in [0.15, 0.2) is 0 Å². The smallest absolute Gasteiger partial charge is 0.206 e. The Labute approximate surface area is 64.0 Å². The van der Waals surface area contributed by atoms with E-state index in [2.05, 4.69) is 0 Å². The van der Waals surface area contributed by atoms with E-state index in [-0.39, 0.29) is 6.04 Å². The van der Waals surface area contributed by atoms with Crippen molar-refractivity contribution in [3.63, 3.8) is 0 Å². The molecule has 66 valence electrons. The van der Waals surface area contributed by atoms with Crippen LogP contribution in [0.3, 0.4) is 0 Å². The van der Waals surface area contributed by atoms with Crippen molar-refractivity contribution in [1.82, 2.24) is 4.31 Å². The van der Waals surface area contributed by atoms with Crippen LogP contribution in [0.5, 0.6) is 0 Å². The van der Waals surface area contributed by atoms with Crippen LogP contribution >= 0.6 is 0 Å². The van der Waals surface area contributed by atoms with Crippen LogP contribution in [0.4, 0.5) is 8.78 Å². The summed E-state index contributed by atoms with van der Waals surface area (Å²) >= 11 is 0. The van der Waals surface area contributed by atoms with Gasteiger partial charge in [0.2, 0.25) is 0 Å². The van der Waals surface area contributed by atoms with E-state index in [0.717, 1.165) is 4.31 Å². The number of nitrogens with zero attached hydrogens (tertiary/aromatic N) is 1. The Balaban J connectivity index is 2.70. The van der Waals surface area contributed by atoms with Crippen LogP contribution in [0, 0.1) is 0 Å². The third kappa shape index (κ3) is 1.67. The van der Waals surface area contributed by atoms with Gasteiger partial charge in [-0.2, -0.15) is 13.1 Å². The molecule has 0 aromatic carbocycles. The second-order valence-corrected chi connectivity index (χ2v) is 4.52. The predicted molar refractivity (Wildman–Crippen MR) is 35.7 cm³/mol. The van der Waals surface area contributed by atoms with E-state index in [1.54, 1.807) is 0 Å². The normalized spacial score (nSPS) is 19.7. The largest absolute Gasteiger partial charge is 0.350 e. The van der Waals surface area contributed by atoms with E-state index in [9.17, 15) is 17.2 Å². The topological polar surface area (TPSA) is 37.4 Å². The Morgan fingerprint density at radius 1 is 1.45 bits per heavy atom. The van der Waals surface area contributed by atoms with Crippen LogP contribution in [-0.4, -0.2) is 31.6 Å². The maximum absolute atomic E-state index is 11.8. The highest BCUT2D eigenvalue weighted by atomic mass is 32.2. The summed E-state index contributed by atoms with van der Waals surface area (Å²) in [5.74, 6) is -3.28. The molecule has 0 heterocycles. The van der Waals surface area contributed by atoms with Gasteiger partial charge in [0.05, 0.1) is 0 Å². The molecule has 0 amide bonds. The average molecular weight is 185 g/mol. The zero-order valence-corrected chi connectivity index (χ0v) is 6.81. The summed E-state index contributed by atoms with van der Waals surface area (Å²) in [5.41, 5.74) is 0. The number of hydrogen-bond acceptors (Lipinski definition) is 2. The molecule has 1 aliphatic rings. The highest BCUT2D eigenvalue weighted by Crippen LogP contribution is 2.29. The summed E-state index contributed by atoms with van der Waals surface area (Å²) in [6.45, 7) is 0. The summed E-state index contributed by atoms with van der Waals surface area (Å²) in [7, 11) is -3.12. The zero-order chi connectivity index (χ0) is 8.65. The van der Waals surface area contributed by atoms with Crippen LogP contribution in [-0.2, 0) is 10.0 Å². The van der Waals surface area contributed by atoms with Gasteiger partial charge in [0.15, 0.2) is 0 Å². The molecule has 0 saturated heterocycles. The molecule has 1 aliphatic carbocycles. The Morgan fingerprint density at radius 3 is 2.18 bits per heavy atom. The molecule has 0 unspecified atom stereocenters. The molecule has 11 heavy (non-hydrogen) atoms. The van der Waals surface area contributed by atoms with Crippen molar-refractivity contribution < 1.29 is 17.2 Å². The number of hydrogen-bond donors (Lipinski definition) is 0. The minimum Gasteiger partial charge on any atom is -0.206 e. The fraction of sp³-hybridized carbons (Fsp3) is 1.00. The SMILES string of the molecule is CN(C1CC1)S(=O)(=O)C(F)F. The van der Waals surface area contributed by atoms with Crippen molar-refractivity contribution in [1.29, 1.82) is 0 Å². The van der Waals surface area contributed by atoms with Crippen LogP contribution in [0.25, 0.3) is 0 Å². The fourth-order valence-corrected chi connectivity index (χ4v) is 1.65. The highest BCUT2D eigenvalue weighted by molar-refractivity contribution is 7.89. The molecule has 3 nitrogen and oxygen atoms in total. The van der Waals surface area contributed by atoms with Crippen molar-refractivity contribution in [3.8, 4) is 0 Å². The molecule has 1 fully saturated rings. The van der Waals surface area contributed by atoms with Crippen LogP contribution in [0.1, 0.15) is 12.8 Å². The molecule has 0 aromatic heterocycles. The van der Waals surface area contributed by atoms with Crippen LogP contribution in [0.2, 0.25) is 0 Å². The molecular formula is C5H9F2NO2S. The minimum atomic E-state index is -4.31. The highest BCUT2D eigenvalue weighted by Gasteiger charge is 2.38. The van der Waals surface area contributed by atoms with E-state index < -0.39 is 15.8 Å². The fourth-order valence-electron chi connectivity index (χ4n) is 0.772. The predicted octanol–water partition coefficient (Wildman–Crippen LogP) is 0.633. The summed E-state index contributed by atoms with van der Waals surface area (Å²) in [6.07, 6.45) is 1.39. The quantitative estimate of drug-likeness (QED) is 0.646. The lowest BCUT2D eigenvalue weighted by Gasteiger charge is -2.14. The number of halogens is 2. The second kappa shape index (κ2) is 2.67. The van der Waals surface area contributed by atoms with Gasteiger partial charge in [-0.15, -0.1) is 0 Å². The molecule has 0 aliphatic heterocycles. The van der Waals surface area contributed by atoms with Gasteiger partial charge in [-0.1, -0.05) is 0 Å². The second-order valence-electron chi connectivity index (χ2n) is 2.55. The molecule has 1 saturated carbocycles. The zero-order valence-electron chi connectivity index (χ0n) is 6.00. The third-order valence-corrected chi connectivity index (χ3v) is 3.24. The molecule has 0 bridgehead atoms. The van der Waals surface area contributed by atoms with Crippen molar-refractivity contribution in [2.24, 2.45) is 0 Å². The van der Waals surface area contributed by atoms with Gasteiger partial charge in [-0.3, -0.25) is 0 Å². The van der Waals surface area contributed by atoms with Gasteiger partial charge >= 0.3 is 5.76 Å². The van der Waals surface area contributed by atoms with Gasteiger partial charge in [-0.25, -0.2) is 8.42 Å². The first-order chi connectivity index (χ1) is 4.96. The van der Waals surface area contributed by atoms with Gasteiger partial charge in [0.25, 0.3) is 10.0 Å². The summed E-state index contributed by atoms with van der Waals surface area (Å²) in [4.78, 5) is 0. The van der Waals surface area contributed by atoms with Crippen LogP contribution < -0.4 is 0 Å². The average Bonchev–Trinajstić information content (AvgIpc) is 2.66. The standard InChI is InChI=1S/C5H9F2NO2S/c1-8(4-2-3-4)11(9,10)5(6)7/h4-5H,2-3H2,1H3. The molecule has 0 spiro atoms. The number of alkyl halides is 2. The molecule has 0 aromatic rings. The minimum absolute atomic E-state index is 0.186. The molecule has 0 N–H and O–H groups in total. The van der Waals surface area contributed by atoms with Crippen molar-refractivity contribution in [2.45, 2.75) is 24.6 Å². The van der Waals surface area contributed by atoms with E-state index in [1.807, 2.05) is 0 Å². The Bertz CT molecular complexity index is 235. The number of rotatable bonds is 3. The number of sulfonamides is 1. The monoisotopic (exact) mass is 185 g/mol. The van der Waals surface area contributed by atoms with E-state index in [0.29, 0.717) is 12.8 Å². The maximum atomic E-state index is 11.8. The summed E-state index contributed by atoms with van der Waals surface area (Å²) < 4.78 is 45.8. The summed E-state index contributed by atoms with van der Waals surface area (Å²) in [5, 5.41) is 0. The van der Waals surface area contributed by atoms with Crippen molar-refractivity contribution in [2.75, 3.05) is 7.05 Å². The molecule has 1 rings (SSSR count). The lowest BCUT2D eigenvalue weighted by Crippen LogP contribution is -2.33. The lowest BCUT2D eigenvalue weighted by atomic mass is 10.7. The Hall–Kier alpha value is -0.230. The third-order valence-electron chi connectivity index (χ3n) is 1.69. The molecular weight excluding hydrogens is 176 g/mol. The lowest BCUT2D eigenvalue weighted by molar-refractivity contribution is 0.221. The molecule has 0 atom stereocenters. The first-order valence-corrected chi connectivity index (χ1v) is 4.71. The van der Waals surface area contributed by atoms with Gasteiger partial charge in [0, 0.05) is 13.1 Å². The van der Waals surface area contributed by atoms with Crippen molar-refractivity contribution >= 4 is 10.0 Å². The van der Waals surface area contributed by atoms with E-state index >= 15 is 0 Å². The van der Waals surface area contributed by atoms with Gasteiger partial charge in [-0.05, 0) is 12.8 Å². The first kappa shape index (κ1) is 8.86.